The second-order valence-corrected chi connectivity index (χ2v) is 6.50. The molecule has 0 saturated heterocycles. The fraction of sp³-hybridized carbons (Fsp3) is 0.700. The average Bonchev–Trinajstić information content (AvgIpc) is 2.60. The Balaban J connectivity index is 1.97. The molecule has 1 aromatic rings. The van der Waals surface area contributed by atoms with Gasteiger partial charge < -0.3 is 9.88 Å². The van der Waals surface area contributed by atoms with E-state index >= 15 is 0 Å². The molecule has 5 nitrogen and oxygen atoms in total. The summed E-state index contributed by atoms with van der Waals surface area (Å²) in [5.41, 5.74) is 2.36. The van der Waals surface area contributed by atoms with Crippen LogP contribution in [0, 0.1) is 0 Å². The van der Waals surface area contributed by atoms with Gasteiger partial charge in [0, 0.05) is 38.0 Å². The van der Waals surface area contributed by atoms with Crippen LogP contribution in [0.15, 0.2) is 6.33 Å². The van der Waals surface area contributed by atoms with Crippen LogP contribution in [0.3, 0.4) is 0 Å². The molecule has 0 unspecified atom stereocenters. The highest BCUT2D eigenvalue weighted by molar-refractivity contribution is 7.90. The van der Waals surface area contributed by atoms with E-state index in [4.69, 9.17) is 0 Å². The minimum Gasteiger partial charge on any atom is -0.334 e. The Morgan fingerprint density at radius 3 is 3.12 bits per heavy atom. The van der Waals surface area contributed by atoms with Gasteiger partial charge in [-0.05, 0) is 6.42 Å². The second-order valence-electron chi connectivity index (χ2n) is 4.24. The molecule has 2 heterocycles. The largest absolute Gasteiger partial charge is 0.334 e. The number of hydrogen-bond donors (Lipinski definition) is 1. The number of nitrogens with zero attached hydrogens (tertiary/aromatic N) is 2. The zero-order chi connectivity index (χ0) is 11.6. The minimum absolute atomic E-state index is 0.248. The van der Waals surface area contributed by atoms with Gasteiger partial charge in [0.2, 0.25) is 0 Å². The van der Waals surface area contributed by atoms with Gasteiger partial charge in [-0.2, -0.15) is 0 Å². The lowest BCUT2D eigenvalue weighted by Crippen LogP contribution is -2.25. The Morgan fingerprint density at radius 2 is 2.38 bits per heavy atom. The Bertz CT molecular complexity index is 464. The average molecular weight is 243 g/mol. The number of nitrogens with one attached hydrogen (secondary N) is 1. The Kier molecular flexibility index (Phi) is 3.30. The summed E-state index contributed by atoms with van der Waals surface area (Å²) in [6, 6.07) is 0. The molecule has 16 heavy (non-hydrogen) atoms. The van der Waals surface area contributed by atoms with Crippen LogP contribution < -0.4 is 5.32 Å². The summed E-state index contributed by atoms with van der Waals surface area (Å²) in [6.07, 6.45) is 4.74. The zero-order valence-corrected chi connectivity index (χ0v) is 10.3. The van der Waals surface area contributed by atoms with Crippen LogP contribution in [0.4, 0.5) is 0 Å². The molecule has 90 valence electrons. The summed E-state index contributed by atoms with van der Waals surface area (Å²) in [7, 11) is -2.84. The van der Waals surface area contributed by atoms with Crippen molar-refractivity contribution in [2.75, 3.05) is 18.6 Å². The first kappa shape index (κ1) is 11.6. The zero-order valence-electron chi connectivity index (χ0n) is 9.44. The third-order valence-electron chi connectivity index (χ3n) is 2.78. The number of sulfone groups is 1. The third-order valence-corrected chi connectivity index (χ3v) is 3.81. The fourth-order valence-electron chi connectivity index (χ4n) is 1.99. The summed E-state index contributed by atoms with van der Waals surface area (Å²) >= 11 is 0. The highest BCUT2D eigenvalue weighted by Gasteiger charge is 2.14. The summed E-state index contributed by atoms with van der Waals surface area (Å²) in [6.45, 7) is 2.55. The van der Waals surface area contributed by atoms with Crippen LogP contribution >= 0.6 is 0 Å². The number of rotatable bonds is 4. The molecule has 1 aliphatic rings. The van der Waals surface area contributed by atoms with Crippen LogP contribution in [-0.4, -0.2) is 36.5 Å². The first-order valence-electron chi connectivity index (χ1n) is 5.47. The molecule has 1 aromatic heterocycles. The molecule has 0 fully saturated rings. The third kappa shape index (κ3) is 2.82. The second kappa shape index (κ2) is 4.55. The van der Waals surface area contributed by atoms with E-state index in [1.165, 1.54) is 11.9 Å². The van der Waals surface area contributed by atoms with Crippen LogP contribution in [-0.2, 0) is 29.3 Å². The van der Waals surface area contributed by atoms with Gasteiger partial charge >= 0.3 is 0 Å². The summed E-state index contributed by atoms with van der Waals surface area (Å²) in [5, 5.41) is 3.26. The van der Waals surface area contributed by atoms with Crippen LogP contribution in [0.25, 0.3) is 0 Å². The summed E-state index contributed by atoms with van der Waals surface area (Å²) < 4.78 is 24.1. The van der Waals surface area contributed by atoms with Gasteiger partial charge in [-0.1, -0.05) is 0 Å². The number of aryl methyl sites for hydroxylation is 1. The molecule has 0 bridgehead atoms. The molecule has 1 aliphatic heterocycles. The van der Waals surface area contributed by atoms with Gasteiger partial charge in [0.25, 0.3) is 0 Å². The lowest BCUT2D eigenvalue weighted by atomic mass is 10.2. The number of hydrogen-bond acceptors (Lipinski definition) is 4. The van der Waals surface area contributed by atoms with Crippen molar-refractivity contribution in [2.24, 2.45) is 0 Å². The Hall–Kier alpha value is -0.880. The van der Waals surface area contributed by atoms with E-state index in [1.807, 2.05) is 6.33 Å². The van der Waals surface area contributed by atoms with Crippen molar-refractivity contribution in [3.05, 3.63) is 17.7 Å². The van der Waals surface area contributed by atoms with Crippen molar-refractivity contribution in [3.63, 3.8) is 0 Å². The molecule has 2 rings (SSSR count). The van der Waals surface area contributed by atoms with Crippen molar-refractivity contribution in [2.45, 2.75) is 25.9 Å². The minimum atomic E-state index is -2.84. The molecule has 0 saturated carbocycles. The quantitative estimate of drug-likeness (QED) is 0.806. The highest BCUT2D eigenvalue weighted by atomic mass is 32.2. The molecule has 0 aromatic carbocycles. The molecular weight excluding hydrogens is 226 g/mol. The maximum absolute atomic E-state index is 11.0. The maximum atomic E-state index is 11.0. The van der Waals surface area contributed by atoms with Crippen molar-refractivity contribution >= 4 is 9.84 Å². The monoisotopic (exact) mass is 243 g/mol. The summed E-state index contributed by atoms with van der Waals surface area (Å²) in [4.78, 5) is 4.32. The molecule has 0 aliphatic carbocycles. The molecule has 6 heteroatoms. The maximum Gasteiger partial charge on any atom is 0.147 e. The van der Waals surface area contributed by atoms with Gasteiger partial charge in [0.1, 0.15) is 9.84 Å². The number of aromatic nitrogens is 2. The first-order chi connectivity index (χ1) is 7.56. The van der Waals surface area contributed by atoms with Crippen molar-refractivity contribution < 1.29 is 8.42 Å². The van der Waals surface area contributed by atoms with Crippen LogP contribution in [0.1, 0.15) is 17.8 Å². The van der Waals surface area contributed by atoms with Crippen LogP contribution in [0.5, 0.6) is 0 Å². The molecule has 1 N–H and O–H groups in total. The molecule has 0 amide bonds. The topological polar surface area (TPSA) is 64.0 Å². The number of fused-ring (bicyclic) bond motifs is 1. The van der Waals surface area contributed by atoms with E-state index in [0.29, 0.717) is 6.42 Å². The van der Waals surface area contributed by atoms with E-state index in [-0.39, 0.29) is 5.75 Å². The Labute approximate surface area is 95.8 Å². The van der Waals surface area contributed by atoms with Gasteiger partial charge in [-0.3, -0.25) is 0 Å². The van der Waals surface area contributed by atoms with Crippen molar-refractivity contribution in [1.29, 1.82) is 0 Å². The lowest BCUT2D eigenvalue weighted by Gasteiger charge is -2.14. The van der Waals surface area contributed by atoms with E-state index in [0.717, 1.165) is 31.7 Å². The van der Waals surface area contributed by atoms with E-state index in [2.05, 4.69) is 14.9 Å². The van der Waals surface area contributed by atoms with Gasteiger partial charge in [-0.25, -0.2) is 13.4 Å². The lowest BCUT2D eigenvalue weighted by molar-refractivity contribution is 0.571. The van der Waals surface area contributed by atoms with Crippen molar-refractivity contribution in [1.82, 2.24) is 14.9 Å². The molecule has 0 spiro atoms. The van der Waals surface area contributed by atoms with Gasteiger partial charge in [0.15, 0.2) is 0 Å². The SMILES string of the molecule is CS(=O)(=O)CCCn1cnc2c1CCNC2. The smallest absolute Gasteiger partial charge is 0.147 e. The first-order valence-corrected chi connectivity index (χ1v) is 7.53. The fourth-order valence-corrected chi connectivity index (χ4v) is 2.64. The normalized spacial score (nSPS) is 16.1. The van der Waals surface area contributed by atoms with E-state index in [1.54, 1.807) is 0 Å². The van der Waals surface area contributed by atoms with E-state index < -0.39 is 9.84 Å². The number of imidazole rings is 1. The molecule has 0 radical (unpaired) electrons. The predicted octanol–water partition coefficient (Wildman–Crippen LogP) is -0.0365. The molecular formula is C10H17N3O2S. The van der Waals surface area contributed by atoms with E-state index in [9.17, 15) is 8.42 Å². The Morgan fingerprint density at radius 1 is 1.56 bits per heavy atom. The standard InChI is InChI=1S/C10H17N3O2S/c1-16(14,15)6-2-5-13-8-12-9-7-11-4-3-10(9)13/h8,11H,2-7H2,1H3. The van der Waals surface area contributed by atoms with Gasteiger partial charge in [-0.15, -0.1) is 0 Å². The van der Waals surface area contributed by atoms with Gasteiger partial charge in [0.05, 0.1) is 17.8 Å². The van der Waals surface area contributed by atoms with Crippen molar-refractivity contribution in [3.8, 4) is 0 Å². The molecule has 0 atom stereocenters. The summed E-state index contributed by atoms with van der Waals surface area (Å²) in [5.74, 6) is 0.248. The highest BCUT2D eigenvalue weighted by Crippen LogP contribution is 2.12. The predicted molar refractivity (Wildman–Crippen MR) is 62.0 cm³/mol. The van der Waals surface area contributed by atoms with Crippen LogP contribution in [0.2, 0.25) is 0 Å².